The lowest BCUT2D eigenvalue weighted by Crippen LogP contribution is -2.22. The summed E-state index contributed by atoms with van der Waals surface area (Å²) in [6.45, 7) is 1.57. The molecule has 0 radical (unpaired) electrons. The van der Waals surface area contributed by atoms with E-state index in [-0.39, 0.29) is 23.8 Å². The third-order valence-corrected chi connectivity index (χ3v) is 3.29. The van der Waals surface area contributed by atoms with Crippen LogP contribution in [0.3, 0.4) is 0 Å². The number of hydrogen-bond acceptors (Lipinski definition) is 5. The Labute approximate surface area is 125 Å². The monoisotopic (exact) mass is 300 g/mol. The number of benzene rings is 1. The fraction of sp³-hybridized carbons (Fsp3) is 0.200. The zero-order valence-corrected chi connectivity index (χ0v) is 12.0. The van der Waals surface area contributed by atoms with Crippen LogP contribution in [0.1, 0.15) is 16.7 Å². The van der Waals surface area contributed by atoms with Crippen LogP contribution in [0.25, 0.3) is 0 Å². The van der Waals surface area contributed by atoms with Crippen molar-refractivity contribution in [3.8, 4) is 11.9 Å². The highest BCUT2D eigenvalue weighted by atomic mass is 19.1. The van der Waals surface area contributed by atoms with Crippen molar-refractivity contribution in [2.45, 2.75) is 13.5 Å². The van der Waals surface area contributed by atoms with Gasteiger partial charge in [0.05, 0.1) is 12.2 Å². The molecule has 0 atom stereocenters. The lowest BCUT2D eigenvalue weighted by atomic mass is 10.1. The van der Waals surface area contributed by atoms with E-state index in [9.17, 15) is 14.3 Å². The molecular weight excluding hydrogens is 287 g/mol. The molecule has 1 N–H and O–H groups in total. The highest BCUT2D eigenvalue weighted by Gasteiger charge is 2.16. The Balaban J connectivity index is 2.34. The van der Waals surface area contributed by atoms with Gasteiger partial charge in [-0.3, -0.25) is 9.36 Å². The molecule has 6 nitrogen and oxygen atoms in total. The predicted octanol–water partition coefficient (Wildman–Crippen LogP) is 2.69. The first-order chi connectivity index (χ1) is 10.5. The lowest BCUT2D eigenvalue weighted by molar-refractivity contribution is 0.414. The van der Waals surface area contributed by atoms with Crippen LogP contribution in [-0.2, 0) is 13.6 Å². The molecule has 0 spiro atoms. The van der Waals surface area contributed by atoms with Crippen molar-refractivity contribution in [3.63, 3.8) is 0 Å². The smallest absolute Gasteiger partial charge is 0.271 e. The van der Waals surface area contributed by atoms with Gasteiger partial charge < -0.3 is 5.11 Å². The van der Waals surface area contributed by atoms with Crippen molar-refractivity contribution in [2.75, 3.05) is 0 Å². The largest absolute Gasteiger partial charge is 0.494 e. The minimum Gasteiger partial charge on any atom is -0.494 e. The van der Waals surface area contributed by atoms with Gasteiger partial charge in [0.25, 0.3) is 5.56 Å². The average molecular weight is 300 g/mol. The Morgan fingerprint density at radius 1 is 1.36 bits per heavy atom. The van der Waals surface area contributed by atoms with Gasteiger partial charge in [0.2, 0.25) is 0 Å². The molecule has 2 aromatic rings. The second-order valence-corrected chi connectivity index (χ2v) is 4.65. The van der Waals surface area contributed by atoms with Crippen LogP contribution in [0.5, 0.6) is 5.88 Å². The first-order valence-electron chi connectivity index (χ1n) is 6.40. The van der Waals surface area contributed by atoms with Crippen LogP contribution >= 0.6 is 0 Å². The molecule has 0 amide bonds. The molecule has 0 saturated heterocycles. The minimum absolute atomic E-state index is 0.00214. The number of rotatable bonds is 3. The first kappa shape index (κ1) is 15.4. The van der Waals surface area contributed by atoms with Gasteiger partial charge in [-0.2, -0.15) is 15.5 Å². The number of nitrogens with zero attached hydrogens (tertiary/aromatic N) is 4. The van der Waals surface area contributed by atoms with E-state index in [0.717, 1.165) is 4.57 Å². The second kappa shape index (κ2) is 6.18. The number of aromatic hydroxyl groups is 1. The highest BCUT2D eigenvalue weighted by molar-refractivity contribution is 5.45. The fourth-order valence-corrected chi connectivity index (χ4v) is 1.96. The van der Waals surface area contributed by atoms with E-state index in [1.54, 1.807) is 6.92 Å². The molecule has 1 aromatic carbocycles. The summed E-state index contributed by atoms with van der Waals surface area (Å²) in [5.41, 5.74) is 0.596. The van der Waals surface area contributed by atoms with Gasteiger partial charge in [0.15, 0.2) is 5.88 Å². The van der Waals surface area contributed by atoms with E-state index in [2.05, 4.69) is 10.2 Å². The molecule has 0 bridgehead atoms. The maximum atomic E-state index is 12.8. The molecule has 0 aliphatic heterocycles. The van der Waals surface area contributed by atoms with Crippen molar-refractivity contribution in [2.24, 2.45) is 17.3 Å². The van der Waals surface area contributed by atoms with Gasteiger partial charge in [-0.15, -0.1) is 0 Å². The van der Waals surface area contributed by atoms with Gasteiger partial charge >= 0.3 is 0 Å². The van der Waals surface area contributed by atoms with E-state index in [0.29, 0.717) is 16.8 Å². The molecule has 1 aromatic heterocycles. The summed E-state index contributed by atoms with van der Waals surface area (Å²) in [6, 6.07) is 7.28. The van der Waals surface area contributed by atoms with E-state index in [1.165, 1.54) is 31.3 Å². The molecule has 2 rings (SSSR count). The first-order valence-corrected chi connectivity index (χ1v) is 6.40. The fourth-order valence-electron chi connectivity index (χ4n) is 1.96. The average Bonchev–Trinajstić information content (AvgIpc) is 2.51. The van der Waals surface area contributed by atoms with Gasteiger partial charge in [0, 0.05) is 12.6 Å². The van der Waals surface area contributed by atoms with Gasteiger partial charge in [0.1, 0.15) is 17.4 Å². The van der Waals surface area contributed by atoms with Crippen molar-refractivity contribution in [1.29, 1.82) is 5.26 Å². The zero-order valence-electron chi connectivity index (χ0n) is 12.0. The topological polar surface area (TPSA) is 90.7 Å². The third-order valence-electron chi connectivity index (χ3n) is 3.29. The summed E-state index contributed by atoms with van der Waals surface area (Å²) in [5, 5.41) is 26.9. The molecule has 0 unspecified atom stereocenters. The molecule has 1 heterocycles. The Morgan fingerprint density at radius 3 is 2.59 bits per heavy atom. The maximum absolute atomic E-state index is 12.8. The van der Waals surface area contributed by atoms with Crippen LogP contribution in [0.2, 0.25) is 0 Å². The number of aromatic nitrogens is 1. The zero-order chi connectivity index (χ0) is 16.3. The number of pyridine rings is 1. The SMILES string of the molecule is Cc1c(CN=Nc2ccc(F)cc2)c(O)n(C)c(=O)c1C#N. The van der Waals surface area contributed by atoms with Crippen molar-refractivity contribution < 1.29 is 9.50 Å². The number of hydrogen-bond donors (Lipinski definition) is 1. The minimum atomic E-state index is -0.559. The molecule has 112 valence electrons. The maximum Gasteiger partial charge on any atom is 0.271 e. The molecule has 22 heavy (non-hydrogen) atoms. The summed E-state index contributed by atoms with van der Waals surface area (Å²) in [5.74, 6) is -0.622. The summed E-state index contributed by atoms with van der Waals surface area (Å²) >= 11 is 0. The molecule has 0 fully saturated rings. The number of nitriles is 1. The van der Waals surface area contributed by atoms with Crippen LogP contribution in [0.15, 0.2) is 39.3 Å². The van der Waals surface area contributed by atoms with E-state index in [1.807, 2.05) is 6.07 Å². The molecule has 0 aliphatic carbocycles. The Bertz CT molecular complexity index is 833. The lowest BCUT2D eigenvalue weighted by Gasteiger charge is -2.10. The van der Waals surface area contributed by atoms with Crippen molar-refractivity contribution >= 4 is 5.69 Å². The summed E-state index contributed by atoms with van der Waals surface area (Å²) in [4.78, 5) is 11.8. The van der Waals surface area contributed by atoms with Crippen LogP contribution in [-0.4, -0.2) is 9.67 Å². The molecule has 7 heteroatoms. The van der Waals surface area contributed by atoms with Gasteiger partial charge in [-0.25, -0.2) is 4.39 Å². The van der Waals surface area contributed by atoms with Crippen LogP contribution in [0, 0.1) is 24.1 Å². The van der Waals surface area contributed by atoms with Gasteiger partial charge in [-0.05, 0) is 36.8 Å². The Hall–Kier alpha value is -3.01. The number of halogens is 1. The second-order valence-electron chi connectivity index (χ2n) is 4.65. The van der Waals surface area contributed by atoms with E-state index >= 15 is 0 Å². The molecule has 0 aliphatic rings. The highest BCUT2D eigenvalue weighted by Crippen LogP contribution is 2.22. The standard InChI is InChI=1S/C15H13FN4O2/c1-9-12(7-17)14(21)20(2)15(22)13(9)8-18-19-11-5-3-10(16)4-6-11/h3-6,22H,8H2,1-2H3. The van der Waals surface area contributed by atoms with Crippen molar-refractivity contribution in [1.82, 2.24) is 4.57 Å². The normalized spacial score (nSPS) is 10.8. The van der Waals surface area contributed by atoms with E-state index < -0.39 is 5.56 Å². The van der Waals surface area contributed by atoms with Crippen molar-refractivity contribution in [3.05, 3.63) is 57.1 Å². The van der Waals surface area contributed by atoms with Crippen LogP contribution in [0.4, 0.5) is 10.1 Å². The number of azo groups is 1. The predicted molar refractivity (Wildman–Crippen MR) is 77.4 cm³/mol. The molecule has 0 saturated carbocycles. The Kier molecular flexibility index (Phi) is 4.32. The van der Waals surface area contributed by atoms with Gasteiger partial charge in [-0.1, -0.05) is 0 Å². The Morgan fingerprint density at radius 2 is 2.00 bits per heavy atom. The van der Waals surface area contributed by atoms with E-state index in [4.69, 9.17) is 5.26 Å². The van der Waals surface area contributed by atoms with Crippen LogP contribution < -0.4 is 5.56 Å². The summed E-state index contributed by atoms with van der Waals surface area (Å²) < 4.78 is 13.8. The quantitative estimate of drug-likeness (QED) is 0.883. The third kappa shape index (κ3) is 2.86. The summed E-state index contributed by atoms with van der Waals surface area (Å²) in [7, 11) is 1.37. The molecular formula is C15H13FN4O2. The summed E-state index contributed by atoms with van der Waals surface area (Å²) in [6.07, 6.45) is 0.